The van der Waals surface area contributed by atoms with Crippen molar-refractivity contribution in [1.82, 2.24) is 25.5 Å². The van der Waals surface area contributed by atoms with Gasteiger partial charge in [0.05, 0.1) is 13.2 Å². The van der Waals surface area contributed by atoms with E-state index >= 15 is 0 Å². The lowest BCUT2D eigenvalue weighted by atomic mass is 9.84. The zero-order valence-corrected chi connectivity index (χ0v) is 20.3. The predicted molar refractivity (Wildman–Crippen MR) is 130 cm³/mol. The number of rotatable bonds is 9. The average Bonchev–Trinajstić information content (AvgIpc) is 3.22. The Bertz CT molecular complexity index is 621. The second kappa shape index (κ2) is 13.2. The summed E-state index contributed by atoms with van der Waals surface area (Å²) in [5, 5.41) is 16.2. The molecule has 30 heavy (non-hydrogen) atoms. The Labute approximate surface area is 196 Å². The van der Waals surface area contributed by atoms with Crippen molar-refractivity contribution in [2.75, 3.05) is 77.1 Å². The highest BCUT2D eigenvalue weighted by molar-refractivity contribution is 14.0. The minimum Gasteiger partial charge on any atom is -0.396 e. The Kier molecular flexibility index (Phi) is 11.0. The SMILES string of the molecule is CCNC(=NCC1(CCO)CCOC1)NCCN1CCN(c2ncccn2)CC1.I. The molecule has 0 radical (unpaired) electrons. The second-order valence-corrected chi connectivity index (χ2v) is 7.78. The molecular weight excluding hydrogens is 497 g/mol. The number of ether oxygens (including phenoxy) is 1. The number of hydrogen-bond acceptors (Lipinski definition) is 7. The molecule has 2 aliphatic heterocycles. The summed E-state index contributed by atoms with van der Waals surface area (Å²) in [6.45, 7) is 10.9. The third-order valence-corrected chi connectivity index (χ3v) is 5.67. The third kappa shape index (κ3) is 7.47. The Morgan fingerprint density at radius 3 is 2.63 bits per heavy atom. The Morgan fingerprint density at radius 1 is 1.23 bits per heavy atom. The summed E-state index contributed by atoms with van der Waals surface area (Å²) < 4.78 is 5.57. The van der Waals surface area contributed by atoms with Gasteiger partial charge in [-0.3, -0.25) is 9.89 Å². The van der Waals surface area contributed by atoms with E-state index < -0.39 is 0 Å². The first-order valence-electron chi connectivity index (χ1n) is 10.7. The smallest absolute Gasteiger partial charge is 0.225 e. The number of nitrogens with zero attached hydrogens (tertiary/aromatic N) is 5. The summed E-state index contributed by atoms with van der Waals surface area (Å²) in [7, 11) is 0. The zero-order chi connectivity index (χ0) is 20.4. The molecule has 9 nitrogen and oxygen atoms in total. The molecule has 1 aromatic heterocycles. The molecule has 3 rings (SSSR count). The molecule has 3 heterocycles. The highest BCUT2D eigenvalue weighted by atomic mass is 127. The maximum atomic E-state index is 9.39. The third-order valence-electron chi connectivity index (χ3n) is 5.67. The Hall–Kier alpha value is -1.24. The van der Waals surface area contributed by atoms with Crippen LogP contribution >= 0.6 is 24.0 Å². The minimum atomic E-state index is -0.0209. The van der Waals surface area contributed by atoms with Crippen molar-refractivity contribution < 1.29 is 9.84 Å². The van der Waals surface area contributed by atoms with Crippen LogP contribution < -0.4 is 15.5 Å². The lowest BCUT2D eigenvalue weighted by molar-refractivity contribution is 0.131. The van der Waals surface area contributed by atoms with Crippen LogP contribution in [0.15, 0.2) is 23.5 Å². The number of aliphatic imine (C=N–C) groups is 1. The maximum Gasteiger partial charge on any atom is 0.225 e. The van der Waals surface area contributed by atoms with Crippen LogP contribution in [0.4, 0.5) is 5.95 Å². The van der Waals surface area contributed by atoms with Crippen LogP contribution in [-0.2, 0) is 4.74 Å². The lowest BCUT2D eigenvalue weighted by Crippen LogP contribution is -2.49. The Morgan fingerprint density at radius 2 is 2.00 bits per heavy atom. The highest BCUT2D eigenvalue weighted by Crippen LogP contribution is 2.32. The molecule has 2 saturated heterocycles. The molecular formula is C20H36IN7O2. The topological polar surface area (TPSA) is 98.1 Å². The van der Waals surface area contributed by atoms with Crippen LogP contribution in [0.1, 0.15) is 19.8 Å². The van der Waals surface area contributed by atoms with E-state index in [0.29, 0.717) is 13.2 Å². The molecule has 0 bridgehead atoms. The van der Waals surface area contributed by atoms with Gasteiger partial charge in [0.1, 0.15) is 0 Å². The van der Waals surface area contributed by atoms with Crippen LogP contribution in [0, 0.1) is 5.41 Å². The van der Waals surface area contributed by atoms with Crippen molar-refractivity contribution in [3.05, 3.63) is 18.5 Å². The van der Waals surface area contributed by atoms with Crippen molar-refractivity contribution in [2.45, 2.75) is 19.8 Å². The molecule has 0 aromatic carbocycles. The van der Waals surface area contributed by atoms with Crippen molar-refractivity contribution in [3.8, 4) is 0 Å². The normalized spacial score (nSPS) is 22.6. The fourth-order valence-electron chi connectivity index (χ4n) is 3.83. The number of anilines is 1. The average molecular weight is 533 g/mol. The zero-order valence-electron chi connectivity index (χ0n) is 17.9. The maximum absolute atomic E-state index is 9.39. The standard InChI is InChI=1S/C20H35N7O2.HI/c1-2-21-18(25-16-20(4-14-28)5-15-29-17-20)22-8-9-26-10-12-27(13-11-26)19-23-6-3-7-24-19;/h3,6-7,28H,2,4-5,8-17H2,1H3,(H2,21,22,25);1H. The van der Waals surface area contributed by atoms with E-state index in [9.17, 15) is 5.11 Å². The first-order valence-corrected chi connectivity index (χ1v) is 10.7. The van der Waals surface area contributed by atoms with Gasteiger partial charge >= 0.3 is 0 Å². The van der Waals surface area contributed by atoms with Gasteiger partial charge in [-0.25, -0.2) is 9.97 Å². The number of hydrogen-bond donors (Lipinski definition) is 3. The van der Waals surface area contributed by atoms with Crippen molar-refractivity contribution in [3.63, 3.8) is 0 Å². The van der Waals surface area contributed by atoms with Gasteiger partial charge in [-0.2, -0.15) is 0 Å². The molecule has 0 saturated carbocycles. The summed E-state index contributed by atoms with van der Waals surface area (Å²) in [6, 6.07) is 1.85. The molecule has 2 aliphatic rings. The molecule has 170 valence electrons. The molecule has 0 amide bonds. The first-order chi connectivity index (χ1) is 14.2. The molecule has 3 N–H and O–H groups in total. The van der Waals surface area contributed by atoms with E-state index in [2.05, 4.69) is 37.3 Å². The van der Waals surface area contributed by atoms with E-state index in [-0.39, 0.29) is 36.0 Å². The van der Waals surface area contributed by atoms with Gasteiger partial charge in [0.25, 0.3) is 0 Å². The van der Waals surface area contributed by atoms with Gasteiger partial charge in [-0.15, -0.1) is 24.0 Å². The molecule has 2 fully saturated rings. The van der Waals surface area contributed by atoms with E-state index in [1.165, 1.54) is 0 Å². The van der Waals surface area contributed by atoms with Gasteiger partial charge in [0, 0.05) is 76.8 Å². The molecule has 1 aromatic rings. The fourth-order valence-corrected chi connectivity index (χ4v) is 3.83. The summed E-state index contributed by atoms with van der Waals surface area (Å²) in [5.41, 5.74) is -0.0209. The van der Waals surface area contributed by atoms with E-state index in [4.69, 9.17) is 9.73 Å². The van der Waals surface area contributed by atoms with Crippen molar-refractivity contribution in [1.29, 1.82) is 0 Å². The molecule has 1 atom stereocenters. The fraction of sp³-hybridized carbons (Fsp3) is 0.750. The quantitative estimate of drug-likeness (QED) is 0.241. The number of piperazine rings is 1. The summed E-state index contributed by atoms with van der Waals surface area (Å²) >= 11 is 0. The Balaban J connectivity index is 0.00000320. The number of aromatic nitrogens is 2. The van der Waals surface area contributed by atoms with Gasteiger partial charge in [-0.1, -0.05) is 0 Å². The van der Waals surface area contributed by atoms with Crippen LogP contribution in [0.2, 0.25) is 0 Å². The van der Waals surface area contributed by atoms with Crippen LogP contribution in [0.25, 0.3) is 0 Å². The molecule has 0 aliphatic carbocycles. The number of aliphatic hydroxyl groups excluding tert-OH is 1. The monoisotopic (exact) mass is 533 g/mol. The summed E-state index contributed by atoms with van der Waals surface area (Å²) in [4.78, 5) is 18.1. The van der Waals surface area contributed by atoms with E-state index in [0.717, 1.165) is 77.2 Å². The van der Waals surface area contributed by atoms with E-state index in [1.807, 2.05) is 6.07 Å². The number of aliphatic hydroxyl groups is 1. The number of nitrogens with one attached hydrogen (secondary N) is 2. The number of halogens is 1. The predicted octanol–water partition coefficient (Wildman–Crippen LogP) is 0.561. The van der Waals surface area contributed by atoms with Gasteiger partial charge in [-0.05, 0) is 25.8 Å². The first kappa shape index (κ1) is 25.0. The molecule has 1 unspecified atom stereocenters. The molecule has 0 spiro atoms. The minimum absolute atomic E-state index is 0. The lowest BCUT2D eigenvalue weighted by Gasteiger charge is -2.34. The van der Waals surface area contributed by atoms with Gasteiger partial charge in [0.2, 0.25) is 5.95 Å². The van der Waals surface area contributed by atoms with Crippen molar-refractivity contribution >= 4 is 35.9 Å². The van der Waals surface area contributed by atoms with Crippen LogP contribution in [0.3, 0.4) is 0 Å². The van der Waals surface area contributed by atoms with Gasteiger partial charge in [0.15, 0.2) is 5.96 Å². The van der Waals surface area contributed by atoms with E-state index in [1.54, 1.807) is 12.4 Å². The van der Waals surface area contributed by atoms with Gasteiger partial charge < -0.3 is 25.4 Å². The number of guanidine groups is 1. The van der Waals surface area contributed by atoms with Crippen LogP contribution in [0.5, 0.6) is 0 Å². The van der Waals surface area contributed by atoms with Crippen LogP contribution in [-0.4, -0.2) is 98.1 Å². The summed E-state index contributed by atoms with van der Waals surface area (Å²) in [5.74, 6) is 1.66. The largest absolute Gasteiger partial charge is 0.396 e. The van der Waals surface area contributed by atoms with Crippen molar-refractivity contribution in [2.24, 2.45) is 10.4 Å². The molecule has 10 heteroatoms. The highest BCUT2D eigenvalue weighted by Gasteiger charge is 2.34. The summed E-state index contributed by atoms with van der Waals surface area (Å²) in [6.07, 6.45) is 5.29. The second-order valence-electron chi connectivity index (χ2n) is 7.78.